The number of benzene rings is 2. The quantitative estimate of drug-likeness (QED) is 0.460. The minimum Gasteiger partial charge on any atom is -0.496 e. The van der Waals surface area contributed by atoms with Crippen molar-refractivity contribution in [3.05, 3.63) is 82.4 Å². The van der Waals surface area contributed by atoms with E-state index in [2.05, 4.69) is 54.4 Å². The molecule has 0 aliphatic rings. The molecule has 0 atom stereocenters. The number of methoxy groups -OCH3 is 1. The number of fused-ring (bicyclic) bond motifs is 1. The van der Waals surface area contributed by atoms with E-state index in [4.69, 9.17) is 10.00 Å². The lowest BCUT2D eigenvalue weighted by Crippen LogP contribution is -1.95. The predicted octanol–water partition coefficient (Wildman–Crippen LogP) is 5.74. The van der Waals surface area contributed by atoms with Crippen LogP contribution in [0.25, 0.3) is 21.3 Å². The van der Waals surface area contributed by atoms with Crippen molar-refractivity contribution in [2.75, 3.05) is 7.11 Å². The molecular formula is C23H18N2OS. The molecule has 3 nitrogen and oxygen atoms in total. The van der Waals surface area contributed by atoms with Gasteiger partial charge in [-0.1, -0.05) is 36.4 Å². The molecule has 0 spiro atoms. The first kappa shape index (κ1) is 17.3. The first-order valence-corrected chi connectivity index (χ1v) is 9.52. The lowest BCUT2D eigenvalue weighted by molar-refractivity contribution is 0.415. The number of aromatic nitrogens is 1. The summed E-state index contributed by atoms with van der Waals surface area (Å²) in [4.78, 5) is 6.70. The van der Waals surface area contributed by atoms with Crippen molar-refractivity contribution in [2.45, 2.75) is 13.3 Å². The summed E-state index contributed by atoms with van der Waals surface area (Å²) in [6.07, 6.45) is 0.803. The number of rotatable bonds is 4. The van der Waals surface area contributed by atoms with Crippen LogP contribution in [0.3, 0.4) is 0 Å². The largest absolute Gasteiger partial charge is 0.496 e. The molecule has 0 saturated heterocycles. The average molecular weight is 370 g/mol. The van der Waals surface area contributed by atoms with E-state index in [0.29, 0.717) is 5.69 Å². The van der Waals surface area contributed by atoms with Crippen molar-refractivity contribution in [3.8, 4) is 22.4 Å². The van der Waals surface area contributed by atoms with Crippen LogP contribution >= 0.6 is 11.3 Å². The monoisotopic (exact) mass is 370 g/mol. The van der Waals surface area contributed by atoms with Gasteiger partial charge < -0.3 is 4.74 Å². The van der Waals surface area contributed by atoms with Gasteiger partial charge in [-0.25, -0.2) is 4.98 Å². The van der Waals surface area contributed by atoms with E-state index in [0.717, 1.165) is 28.1 Å². The van der Waals surface area contributed by atoms with Crippen molar-refractivity contribution in [2.24, 2.45) is 0 Å². The lowest BCUT2D eigenvalue weighted by atomic mass is 9.98. The zero-order valence-corrected chi connectivity index (χ0v) is 16.0. The maximum Gasteiger partial charge on any atom is 0.141 e. The summed E-state index contributed by atoms with van der Waals surface area (Å²) >= 11 is 1.70. The summed E-state index contributed by atoms with van der Waals surface area (Å²) in [5, 5.41) is 11.4. The fraction of sp³-hybridized carbons (Fsp3) is 0.130. The van der Waals surface area contributed by atoms with Crippen LogP contribution in [0, 0.1) is 18.3 Å². The van der Waals surface area contributed by atoms with Gasteiger partial charge in [0.15, 0.2) is 0 Å². The van der Waals surface area contributed by atoms with Gasteiger partial charge in [-0.2, -0.15) is 5.26 Å². The molecule has 4 heteroatoms. The van der Waals surface area contributed by atoms with E-state index in [1.165, 1.54) is 21.4 Å². The molecule has 132 valence electrons. The Balaban J connectivity index is 1.71. The van der Waals surface area contributed by atoms with Crippen LogP contribution in [0.5, 0.6) is 5.75 Å². The maximum atomic E-state index is 9.06. The number of pyridine rings is 1. The summed E-state index contributed by atoms with van der Waals surface area (Å²) in [7, 11) is 1.73. The number of ether oxygens (including phenoxy) is 1. The fourth-order valence-electron chi connectivity index (χ4n) is 3.41. The maximum absolute atomic E-state index is 9.06. The van der Waals surface area contributed by atoms with Crippen molar-refractivity contribution in [1.29, 1.82) is 5.26 Å². The predicted molar refractivity (Wildman–Crippen MR) is 110 cm³/mol. The molecule has 4 aromatic rings. The molecule has 2 heterocycles. The molecule has 0 radical (unpaired) electrons. The highest BCUT2D eigenvalue weighted by Gasteiger charge is 2.13. The number of aryl methyl sites for hydroxylation is 1. The zero-order valence-electron chi connectivity index (χ0n) is 15.2. The molecule has 2 aromatic carbocycles. The smallest absolute Gasteiger partial charge is 0.141 e. The van der Waals surface area contributed by atoms with Gasteiger partial charge in [0.2, 0.25) is 0 Å². The lowest BCUT2D eigenvalue weighted by Gasteiger charge is -2.13. The van der Waals surface area contributed by atoms with Crippen LogP contribution in [0.15, 0.2) is 60.7 Å². The molecule has 2 aromatic heterocycles. The second-order valence-corrected chi connectivity index (χ2v) is 7.56. The minimum atomic E-state index is 0.439. The Kier molecular flexibility index (Phi) is 4.62. The van der Waals surface area contributed by atoms with Crippen LogP contribution in [0.1, 0.15) is 21.7 Å². The molecule has 0 N–H and O–H groups in total. The average Bonchev–Trinajstić information content (AvgIpc) is 3.17. The van der Waals surface area contributed by atoms with Crippen LogP contribution in [-0.2, 0) is 6.42 Å². The van der Waals surface area contributed by atoms with E-state index in [9.17, 15) is 0 Å². The van der Waals surface area contributed by atoms with Gasteiger partial charge in [0.1, 0.15) is 17.5 Å². The van der Waals surface area contributed by atoms with Crippen molar-refractivity contribution in [3.63, 3.8) is 0 Å². The number of thiophene rings is 1. The van der Waals surface area contributed by atoms with Crippen LogP contribution in [-0.4, -0.2) is 12.1 Å². The van der Waals surface area contributed by atoms with Gasteiger partial charge in [-0.3, -0.25) is 0 Å². The SMILES string of the molecule is COc1c(Cc2ccc(-c3cccc(C#N)n3)s2)cc(C)c2ccccc12. The highest BCUT2D eigenvalue weighted by atomic mass is 32.1. The highest BCUT2D eigenvalue weighted by Crippen LogP contribution is 2.35. The summed E-state index contributed by atoms with van der Waals surface area (Å²) in [6.45, 7) is 2.14. The van der Waals surface area contributed by atoms with Crippen LogP contribution in [0.4, 0.5) is 0 Å². The van der Waals surface area contributed by atoms with Crippen molar-refractivity contribution < 1.29 is 4.74 Å². The zero-order chi connectivity index (χ0) is 18.8. The topological polar surface area (TPSA) is 45.9 Å². The molecule has 4 rings (SSSR count). The molecule has 0 bridgehead atoms. The van der Waals surface area contributed by atoms with E-state index < -0.39 is 0 Å². The summed E-state index contributed by atoms with van der Waals surface area (Å²) < 4.78 is 5.76. The molecule has 0 aliphatic heterocycles. The summed E-state index contributed by atoms with van der Waals surface area (Å²) in [5.41, 5.74) is 3.71. The Hall–Kier alpha value is -3.16. The second-order valence-electron chi connectivity index (χ2n) is 6.39. The Labute approximate surface area is 162 Å². The van der Waals surface area contributed by atoms with Gasteiger partial charge in [0.25, 0.3) is 0 Å². The van der Waals surface area contributed by atoms with Crippen LogP contribution < -0.4 is 4.74 Å². The molecule has 0 fully saturated rings. The Morgan fingerprint density at radius 1 is 1.04 bits per heavy atom. The molecule has 0 unspecified atom stereocenters. The van der Waals surface area contributed by atoms with E-state index in [1.54, 1.807) is 24.5 Å². The number of hydrogen-bond donors (Lipinski definition) is 0. The number of nitrogens with zero attached hydrogens (tertiary/aromatic N) is 2. The first-order chi connectivity index (χ1) is 13.2. The third-order valence-electron chi connectivity index (χ3n) is 4.63. The second kappa shape index (κ2) is 7.22. The molecule has 0 aliphatic carbocycles. The molecule has 0 amide bonds. The molecule has 0 saturated carbocycles. The number of nitriles is 1. The molecular weight excluding hydrogens is 352 g/mol. The standard InChI is InChI=1S/C23H18N2OS/c1-15-12-16(23(26-2)20-8-4-3-7-19(15)20)13-18-10-11-22(27-18)21-9-5-6-17(14-24)25-21/h3-12H,13H2,1-2H3. The highest BCUT2D eigenvalue weighted by molar-refractivity contribution is 7.15. The van der Waals surface area contributed by atoms with Gasteiger partial charge in [0.05, 0.1) is 17.7 Å². The van der Waals surface area contributed by atoms with Crippen LogP contribution in [0.2, 0.25) is 0 Å². The summed E-state index contributed by atoms with van der Waals surface area (Å²) in [5.74, 6) is 0.941. The Morgan fingerprint density at radius 2 is 1.85 bits per heavy atom. The Morgan fingerprint density at radius 3 is 2.63 bits per heavy atom. The Bertz CT molecular complexity index is 1170. The van der Waals surface area contributed by atoms with E-state index in [-0.39, 0.29) is 0 Å². The van der Waals surface area contributed by atoms with E-state index >= 15 is 0 Å². The van der Waals surface area contributed by atoms with Gasteiger partial charge in [-0.05, 0) is 42.1 Å². The minimum absolute atomic E-state index is 0.439. The van der Waals surface area contributed by atoms with Gasteiger partial charge in [0, 0.05) is 22.2 Å². The summed E-state index contributed by atoms with van der Waals surface area (Å²) in [6, 6.07) is 22.4. The molecule has 27 heavy (non-hydrogen) atoms. The first-order valence-electron chi connectivity index (χ1n) is 8.71. The van der Waals surface area contributed by atoms with Crippen molar-refractivity contribution in [1.82, 2.24) is 4.98 Å². The fourth-order valence-corrected chi connectivity index (χ4v) is 4.41. The van der Waals surface area contributed by atoms with Crippen molar-refractivity contribution >= 4 is 22.1 Å². The van der Waals surface area contributed by atoms with Gasteiger partial charge >= 0.3 is 0 Å². The number of hydrogen-bond acceptors (Lipinski definition) is 4. The third-order valence-corrected chi connectivity index (χ3v) is 5.73. The van der Waals surface area contributed by atoms with Gasteiger partial charge in [-0.15, -0.1) is 11.3 Å². The van der Waals surface area contributed by atoms with E-state index in [1.807, 2.05) is 18.2 Å². The normalized spacial score (nSPS) is 10.7. The third kappa shape index (κ3) is 3.30.